The number of rotatable bonds is 4. The second-order valence-corrected chi connectivity index (χ2v) is 4.62. The number of pyridine rings is 1. The van der Waals surface area contributed by atoms with Crippen LogP contribution in [0, 0.1) is 5.82 Å². The molecular weight excluding hydrogens is 267 g/mol. The van der Waals surface area contributed by atoms with Crippen LogP contribution in [0.5, 0.6) is 0 Å². The van der Waals surface area contributed by atoms with Gasteiger partial charge in [0, 0.05) is 30.4 Å². The number of halogens is 2. The fourth-order valence-corrected chi connectivity index (χ4v) is 2.01. The Bertz CT molecular complexity index is 577. The number of aromatic nitrogens is 1. The molecule has 1 heterocycles. The Balaban J connectivity index is 2.26. The van der Waals surface area contributed by atoms with Gasteiger partial charge in [0.2, 0.25) is 0 Å². The summed E-state index contributed by atoms with van der Waals surface area (Å²) < 4.78 is 14.0. The Hall–Kier alpha value is -1.65. The summed E-state index contributed by atoms with van der Waals surface area (Å²) in [6.45, 7) is 0.0970. The highest BCUT2D eigenvalue weighted by Crippen LogP contribution is 2.22. The summed E-state index contributed by atoms with van der Waals surface area (Å²) >= 11 is 6.07. The Labute approximate surface area is 116 Å². The second-order valence-electron chi connectivity index (χ2n) is 4.21. The number of hydrogen-bond acceptors (Lipinski definition) is 3. The molecule has 0 saturated carbocycles. The lowest BCUT2D eigenvalue weighted by Crippen LogP contribution is -2.20. The molecule has 0 atom stereocenters. The van der Waals surface area contributed by atoms with Gasteiger partial charge >= 0.3 is 0 Å². The summed E-state index contributed by atoms with van der Waals surface area (Å²) in [5.41, 5.74) is 1.12. The highest BCUT2D eigenvalue weighted by Gasteiger charge is 2.14. The van der Waals surface area contributed by atoms with Crippen LogP contribution in [0.4, 0.5) is 10.2 Å². The molecule has 0 aliphatic heterocycles. The van der Waals surface area contributed by atoms with Gasteiger partial charge in [-0.1, -0.05) is 29.8 Å². The molecule has 0 unspecified atom stereocenters. The van der Waals surface area contributed by atoms with E-state index in [1.165, 1.54) is 12.3 Å². The van der Waals surface area contributed by atoms with Crippen LogP contribution in [-0.4, -0.2) is 17.1 Å². The summed E-state index contributed by atoms with van der Waals surface area (Å²) in [4.78, 5) is 5.67. The SMILES string of the molecule is CN(Cc1ccccc1Cl)c1nccc(CO)c1F. The van der Waals surface area contributed by atoms with Crippen LogP contribution in [0.3, 0.4) is 0 Å². The average molecular weight is 281 g/mol. The van der Waals surface area contributed by atoms with Crippen molar-refractivity contribution in [2.45, 2.75) is 13.2 Å². The first kappa shape index (κ1) is 13.8. The number of nitrogens with zero attached hydrogens (tertiary/aromatic N) is 2. The lowest BCUT2D eigenvalue weighted by molar-refractivity contribution is 0.275. The number of anilines is 1. The molecule has 0 aliphatic carbocycles. The molecule has 1 aromatic heterocycles. The minimum Gasteiger partial charge on any atom is -0.392 e. The molecule has 5 heteroatoms. The van der Waals surface area contributed by atoms with E-state index < -0.39 is 5.82 Å². The highest BCUT2D eigenvalue weighted by atomic mass is 35.5. The zero-order valence-corrected chi connectivity index (χ0v) is 11.2. The third-order valence-corrected chi connectivity index (χ3v) is 3.22. The van der Waals surface area contributed by atoms with E-state index in [1.807, 2.05) is 18.2 Å². The topological polar surface area (TPSA) is 36.4 Å². The lowest BCUT2D eigenvalue weighted by atomic mass is 10.2. The molecular formula is C14H14ClFN2O. The van der Waals surface area contributed by atoms with Gasteiger partial charge in [0.05, 0.1) is 6.61 Å². The van der Waals surface area contributed by atoms with Crippen molar-refractivity contribution in [3.05, 3.63) is 58.5 Å². The van der Waals surface area contributed by atoms with E-state index in [1.54, 1.807) is 18.0 Å². The maximum Gasteiger partial charge on any atom is 0.171 e. The van der Waals surface area contributed by atoms with Crippen molar-refractivity contribution in [2.24, 2.45) is 0 Å². The summed E-state index contributed by atoms with van der Waals surface area (Å²) in [6, 6.07) is 8.85. The fourth-order valence-electron chi connectivity index (χ4n) is 1.82. The molecule has 19 heavy (non-hydrogen) atoms. The Morgan fingerprint density at radius 1 is 1.26 bits per heavy atom. The van der Waals surface area contributed by atoms with Crippen LogP contribution in [0.15, 0.2) is 36.5 Å². The molecule has 0 bridgehead atoms. The third-order valence-electron chi connectivity index (χ3n) is 2.85. The smallest absolute Gasteiger partial charge is 0.171 e. The monoisotopic (exact) mass is 280 g/mol. The molecule has 0 fully saturated rings. The van der Waals surface area contributed by atoms with Gasteiger partial charge in [0.25, 0.3) is 0 Å². The van der Waals surface area contributed by atoms with Crippen molar-refractivity contribution < 1.29 is 9.50 Å². The van der Waals surface area contributed by atoms with E-state index in [2.05, 4.69) is 4.98 Å². The minimum atomic E-state index is -0.500. The normalized spacial score (nSPS) is 10.5. The molecule has 2 rings (SSSR count). The van der Waals surface area contributed by atoms with E-state index in [0.29, 0.717) is 11.6 Å². The zero-order valence-electron chi connectivity index (χ0n) is 10.5. The number of aliphatic hydroxyl groups is 1. The summed E-state index contributed by atoms with van der Waals surface area (Å²) in [5, 5.41) is 9.68. The standard InChI is InChI=1S/C14H14ClFN2O/c1-18(8-10-4-2-3-5-12(10)15)14-13(16)11(9-19)6-7-17-14/h2-7,19H,8-9H2,1H3. The van der Waals surface area contributed by atoms with E-state index >= 15 is 0 Å². The van der Waals surface area contributed by atoms with Crippen molar-refractivity contribution in [3.8, 4) is 0 Å². The number of benzene rings is 1. The molecule has 0 spiro atoms. The Morgan fingerprint density at radius 3 is 2.68 bits per heavy atom. The van der Waals surface area contributed by atoms with E-state index in [-0.39, 0.29) is 18.0 Å². The summed E-state index contributed by atoms with van der Waals surface area (Å²) in [5.74, 6) is -0.300. The van der Waals surface area contributed by atoms with Crippen LogP contribution >= 0.6 is 11.6 Å². The summed E-state index contributed by atoms with van der Waals surface area (Å²) in [6.07, 6.45) is 1.48. The molecule has 3 nitrogen and oxygen atoms in total. The minimum absolute atomic E-state index is 0.200. The number of aliphatic hydroxyl groups excluding tert-OH is 1. The highest BCUT2D eigenvalue weighted by molar-refractivity contribution is 6.31. The van der Waals surface area contributed by atoms with Crippen molar-refractivity contribution >= 4 is 17.4 Å². The van der Waals surface area contributed by atoms with Crippen molar-refractivity contribution in [1.29, 1.82) is 0 Å². The van der Waals surface area contributed by atoms with E-state index in [0.717, 1.165) is 5.56 Å². The first-order chi connectivity index (χ1) is 9.13. The van der Waals surface area contributed by atoms with Gasteiger partial charge in [-0.2, -0.15) is 0 Å². The van der Waals surface area contributed by atoms with Gasteiger partial charge in [0.1, 0.15) is 0 Å². The predicted molar refractivity (Wildman–Crippen MR) is 73.7 cm³/mol. The first-order valence-electron chi connectivity index (χ1n) is 5.82. The molecule has 0 radical (unpaired) electrons. The molecule has 0 saturated heterocycles. The zero-order chi connectivity index (χ0) is 13.8. The molecule has 2 aromatic rings. The molecule has 0 aliphatic rings. The molecule has 100 valence electrons. The Morgan fingerprint density at radius 2 is 2.00 bits per heavy atom. The van der Waals surface area contributed by atoms with Gasteiger partial charge in [-0.05, 0) is 17.7 Å². The van der Waals surface area contributed by atoms with Gasteiger partial charge in [0.15, 0.2) is 11.6 Å². The van der Waals surface area contributed by atoms with E-state index in [9.17, 15) is 4.39 Å². The lowest BCUT2D eigenvalue weighted by Gasteiger charge is -2.20. The summed E-state index contributed by atoms with van der Waals surface area (Å²) in [7, 11) is 1.73. The predicted octanol–water partition coefficient (Wildman–Crippen LogP) is 3.00. The maximum atomic E-state index is 14.0. The largest absolute Gasteiger partial charge is 0.392 e. The number of hydrogen-bond donors (Lipinski definition) is 1. The molecule has 1 aromatic carbocycles. The van der Waals surface area contributed by atoms with Crippen LogP contribution < -0.4 is 4.90 Å². The van der Waals surface area contributed by atoms with Gasteiger partial charge in [-0.15, -0.1) is 0 Å². The van der Waals surface area contributed by atoms with Crippen LogP contribution in [0.1, 0.15) is 11.1 Å². The van der Waals surface area contributed by atoms with Crippen LogP contribution in [0.25, 0.3) is 0 Å². The van der Waals surface area contributed by atoms with Gasteiger partial charge in [-0.3, -0.25) is 0 Å². The molecule has 0 amide bonds. The third kappa shape index (κ3) is 3.03. The maximum absolute atomic E-state index is 14.0. The van der Waals surface area contributed by atoms with Crippen molar-refractivity contribution in [2.75, 3.05) is 11.9 Å². The second kappa shape index (κ2) is 5.99. The van der Waals surface area contributed by atoms with Crippen LogP contribution in [0.2, 0.25) is 5.02 Å². The first-order valence-corrected chi connectivity index (χ1v) is 6.20. The molecule has 1 N–H and O–H groups in total. The average Bonchev–Trinajstić information content (AvgIpc) is 2.41. The van der Waals surface area contributed by atoms with Crippen molar-refractivity contribution in [3.63, 3.8) is 0 Å². The quantitative estimate of drug-likeness (QED) is 0.935. The van der Waals surface area contributed by atoms with Crippen LogP contribution in [-0.2, 0) is 13.2 Å². The van der Waals surface area contributed by atoms with Gasteiger partial charge < -0.3 is 10.0 Å². The van der Waals surface area contributed by atoms with E-state index in [4.69, 9.17) is 16.7 Å². The van der Waals surface area contributed by atoms with Crippen molar-refractivity contribution in [1.82, 2.24) is 4.98 Å². The van der Waals surface area contributed by atoms with Gasteiger partial charge in [-0.25, -0.2) is 9.37 Å². The Kier molecular flexibility index (Phi) is 4.35. The fraction of sp³-hybridized carbons (Fsp3) is 0.214.